The Morgan fingerprint density at radius 3 is 2.00 bits per heavy atom. The third-order valence-corrected chi connectivity index (χ3v) is 6.44. The Morgan fingerprint density at radius 2 is 1.38 bits per heavy atom. The van der Waals surface area contributed by atoms with Crippen LogP contribution in [0, 0.1) is 0 Å². The van der Waals surface area contributed by atoms with E-state index in [1.165, 1.54) is 0 Å². The fourth-order valence-electron chi connectivity index (χ4n) is 4.72. The number of hydrogen-bond acceptors (Lipinski definition) is 6. The van der Waals surface area contributed by atoms with E-state index in [2.05, 4.69) is 17.4 Å². The maximum Gasteiger partial charge on any atom is 0.407 e. The molecule has 1 aliphatic rings. The Labute approximate surface area is 229 Å². The average Bonchev–Trinajstić information content (AvgIpc) is 3.22. The number of rotatable bonds is 10. The second kappa shape index (κ2) is 12.6. The number of ether oxygens (including phenoxy) is 3. The van der Waals surface area contributed by atoms with Crippen LogP contribution in [0.25, 0.3) is 11.1 Å². The van der Waals surface area contributed by atoms with E-state index < -0.39 is 29.7 Å². The number of carbonyl (C=O) groups excluding carboxylic acids is 3. The Hall–Kier alpha value is -4.13. The molecule has 0 heterocycles. The van der Waals surface area contributed by atoms with Gasteiger partial charge in [-0.25, -0.2) is 4.79 Å². The van der Waals surface area contributed by atoms with E-state index >= 15 is 0 Å². The number of alkyl carbamates (subject to hydrolysis) is 1. The minimum atomic E-state index is -0.667. The first kappa shape index (κ1) is 27.9. The molecule has 4 rings (SSSR count). The molecule has 1 atom stereocenters. The molecule has 7 heteroatoms. The van der Waals surface area contributed by atoms with Gasteiger partial charge in [-0.15, -0.1) is 0 Å². The van der Waals surface area contributed by atoms with Gasteiger partial charge in [0.2, 0.25) is 0 Å². The van der Waals surface area contributed by atoms with E-state index in [1.54, 1.807) is 20.8 Å². The van der Waals surface area contributed by atoms with Crippen LogP contribution in [0.15, 0.2) is 78.9 Å². The summed E-state index contributed by atoms with van der Waals surface area (Å²) in [7, 11) is 0. The van der Waals surface area contributed by atoms with E-state index in [0.29, 0.717) is 0 Å². The predicted octanol–water partition coefficient (Wildman–Crippen LogP) is 6.15. The summed E-state index contributed by atoms with van der Waals surface area (Å²) >= 11 is 0. The highest BCUT2D eigenvalue weighted by atomic mass is 16.6. The minimum Gasteiger partial charge on any atom is -0.461 e. The monoisotopic (exact) mass is 529 g/mol. The first-order valence-corrected chi connectivity index (χ1v) is 13.2. The Kier molecular flexibility index (Phi) is 9.02. The Balaban J connectivity index is 1.35. The van der Waals surface area contributed by atoms with Gasteiger partial charge in [0.15, 0.2) is 0 Å². The average molecular weight is 530 g/mol. The summed E-state index contributed by atoms with van der Waals surface area (Å²) in [5, 5.41) is 2.76. The second-order valence-corrected chi connectivity index (χ2v) is 10.6. The third-order valence-electron chi connectivity index (χ3n) is 6.44. The van der Waals surface area contributed by atoms with Crippen molar-refractivity contribution < 1.29 is 28.6 Å². The molecule has 3 aromatic carbocycles. The van der Waals surface area contributed by atoms with Crippen molar-refractivity contribution in [3.05, 3.63) is 95.6 Å². The molecular weight excluding hydrogens is 494 g/mol. The first-order chi connectivity index (χ1) is 18.7. The number of hydrogen-bond donors (Lipinski definition) is 1. The smallest absolute Gasteiger partial charge is 0.407 e. The largest absolute Gasteiger partial charge is 0.461 e. The first-order valence-electron chi connectivity index (χ1n) is 13.2. The predicted molar refractivity (Wildman–Crippen MR) is 148 cm³/mol. The highest BCUT2D eigenvalue weighted by Crippen LogP contribution is 2.44. The van der Waals surface area contributed by atoms with E-state index in [1.807, 2.05) is 66.7 Å². The molecule has 1 unspecified atom stereocenters. The molecule has 0 fully saturated rings. The highest BCUT2D eigenvalue weighted by molar-refractivity contribution is 5.79. The molecule has 204 valence electrons. The van der Waals surface area contributed by atoms with E-state index in [-0.39, 0.29) is 38.4 Å². The number of amides is 1. The van der Waals surface area contributed by atoms with Crippen molar-refractivity contribution in [2.24, 2.45) is 0 Å². The summed E-state index contributed by atoms with van der Waals surface area (Å²) in [6.45, 7) is 5.65. The van der Waals surface area contributed by atoms with Crippen molar-refractivity contribution >= 4 is 18.0 Å². The van der Waals surface area contributed by atoms with Crippen molar-refractivity contribution in [2.45, 2.75) is 64.2 Å². The molecular formula is C32H35NO6. The van der Waals surface area contributed by atoms with Crippen molar-refractivity contribution in [1.29, 1.82) is 0 Å². The lowest BCUT2D eigenvalue weighted by molar-refractivity contribution is -0.156. The van der Waals surface area contributed by atoms with Crippen LogP contribution < -0.4 is 5.32 Å². The van der Waals surface area contributed by atoms with Gasteiger partial charge in [0.25, 0.3) is 0 Å². The van der Waals surface area contributed by atoms with Crippen molar-refractivity contribution in [2.75, 3.05) is 6.61 Å². The quantitative estimate of drug-likeness (QED) is 0.250. The van der Waals surface area contributed by atoms with Crippen LogP contribution in [0.2, 0.25) is 0 Å². The summed E-state index contributed by atoms with van der Waals surface area (Å²) in [4.78, 5) is 37.7. The number of nitrogens with one attached hydrogen (secondary N) is 1. The molecule has 0 radical (unpaired) electrons. The molecule has 0 aromatic heterocycles. The van der Waals surface area contributed by atoms with E-state index in [9.17, 15) is 14.4 Å². The van der Waals surface area contributed by atoms with Gasteiger partial charge in [-0.1, -0.05) is 78.9 Å². The molecule has 1 aliphatic carbocycles. The molecule has 39 heavy (non-hydrogen) atoms. The van der Waals surface area contributed by atoms with Crippen LogP contribution in [-0.4, -0.2) is 36.3 Å². The van der Waals surface area contributed by atoms with Crippen LogP contribution >= 0.6 is 0 Å². The lowest BCUT2D eigenvalue weighted by atomic mass is 9.98. The minimum absolute atomic E-state index is 0.0317. The molecule has 1 N–H and O–H groups in total. The topological polar surface area (TPSA) is 90.9 Å². The van der Waals surface area contributed by atoms with Crippen LogP contribution in [0.3, 0.4) is 0 Å². The van der Waals surface area contributed by atoms with Gasteiger partial charge in [0.05, 0.1) is 6.42 Å². The molecule has 0 bridgehead atoms. The van der Waals surface area contributed by atoms with Crippen molar-refractivity contribution in [3.63, 3.8) is 0 Å². The van der Waals surface area contributed by atoms with Crippen molar-refractivity contribution in [3.8, 4) is 11.1 Å². The van der Waals surface area contributed by atoms with Crippen LogP contribution in [0.1, 0.15) is 62.6 Å². The summed E-state index contributed by atoms with van der Waals surface area (Å²) in [6.07, 6.45) is -0.503. The van der Waals surface area contributed by atoms with Crippen LogP contribution in [0.5, 0.6) is 0 Å². The number of carbonyl (C=O) groups is 3. The maximum absolute atomic E-state index is 12.9. The highest BCUT2D eigenvalue weighted by Gasteiger charge is 2.30. The molecule has 3 aromatic rings. The van der Waals surface area contributed by atoms with Gasteiger partial charge in [-0.2, -0.15) is 0 Å². The van der Waals surface area contributed by atoms with Crippen LogP contribution in [-0.2, 0) is 30.4 Å². The van der Waals surface area contributed by atoms with Gasteiger partial charge in [-0.05, 0) is 55.0 Å². The normalized spacial score (nSPS) is 13.1. The van der Waals surface area contributed by atoms with Gasteiger partial charge in [-0.3, -0.25) is 9.59 Å². The maximum atomic E-state index is 12.9. The van der Waals surface area contributed by atoms with Gasteiger partial charge in [0, 0.05) is 18.4 Å². The number of benzene rings is 3. The summed E-state index contributed by atoms with van der Waals surface area (Å²) in [5.41, 5.74) is 4.71. The molecule has 0 spiro atoms. The third kappa shape index (κ3) is 7.93. The SMILES string of the molecule is CC(C)(C)OC(=O)CC(CCC(=O)OCc1ccccc1)NC(=O)OCC1c2ccccc2-c2ccccc21. The molecule has 7 nitrogen and oxygen atoms in total. The molecule has 0 saturated heterocycles. The van der Waals surface area contributed by atoms with E-state index in [0.717, 1.165) is 27.8 Å². The standard InChI is InChI=1S/C32H35NO6/c1-32(2,3)39-30(35)19-23(17-18-29(34)37-20-22-11-5-4-6-12-22)33-31(36)38-21-28-26-15-9-7-13-24(26)25-14-8-10-16-27(25)28/h4-16,23,28H,17-21H2,1-3H3,(H,33,36). The van der Waals surface area contributed by atoms with Gasteiger partial charge in [0.1, 0.15) is 18.8 Å². The summed E-state index contributed by atoms with van der Waals surface area (Å²) < 4.78 is 16.4. The van der Waals surface area contributed by atoms with Gasteiger partial charge < -0.3 is 19.5 Å². The molecule has 0 saturated carbocycles. The fourth-order valence-corrected chi connectivity index (χ4v) is 4.72. The van der Waals surface area contributed by atoms with Gasteiger partial charge >= 0.3 is 18.0 Å². The summed E-state index contributed by atoms with van der Waals surface area (Å²) in [6, 6.07) is 24.9. The lowest BCUT2D eigenvalue weighted by Crippen LogP contribution is -2.39. The van der Waals surface area contributed by atoms with E-state index in [4.69, 9.17) is 14.2 Å². The Bertz CT molecular complexity index is 1250. The summed E-state index contributed by atoms with van der Waals surface area (Å²) in [5.74, 6) is -0.966. The lowest BCUT2D eigenvalue weighted by Gasteiger charge is -2.23. The zero-order valence-corrected chi connectivity index (χ0v) is 22.6. The Morgan fingerprint density at radius 1 is 0.795 bits per heavy atom. The number of fused-ring (bicyclic) bond motifs is 3. The fraction of sp³-hybridized carbons (Fsp3) is 0.344. The van der Waals surface area contributed by atoms with Crippen LogP contribution in [0.4, 0.5) is 4.79 Å². The zero-order valence-electron chi connectivity index (χ0n) is 22.6. The number of esters is 2. The second-order valence-electron chi connectivity index (χ2n) is 10.6. The van der Waals surface area contributed by atoms with Crippen molar-refractivity contribution in [1.82, 2.24) is 5.32 Å². The molecule has 0 aliphatic heterocycles. The molecule has 1 amide bonds. The zero-order chi connectivity index (χ0) is 27.8.